The molecule has 1 aliphatic heterocycles. The molecule has 0 saturated carbocycles. The van der Waals surface area contributed by atoms with Gasteiger partial charge < -0.3 is 14.1 Å². The third-order valence-corrected chi connectivity index (χ3v) is 5.56. The van der Waals surface area contributed by atoms with Crippen LogP contribution in [0.5, 0.6) is 0 Å². The molecule has 0 bridgehead atoms. The Morgan fingerprint density at radius 3 is 1.71 bits per heavy atom. The minimum absolute atomic E-state index is 0.0990. The standard InChI is InChI=1S/C20H31BO3/c1-17(2,3)15-9-11-16(12-10-15)20(8,14-22)13-21-23-18(4,5)19(6,7)24-21/h9-12,14H,13H2,1-8H3. The minimum Gasteiger partial charge on any atom is -0.403 e. The summed E-state index contributed by atoms with van der Waals surface area (Å²) in [6.45, 7) is 16.6. The van der Waals surface area contributed by atoms with Gasteiger partial charge in [-0.3, -0.25) is 0 Å². The summed E-state index contributed by atoms with van der Waals surface area (Å²) in [5, 5.41) is 0. The van der Waals surface area contributed by atoms with Gasteiger partial charge in [-0.25, -0.2) is 0 Å². The zero-order valence-corrected chi connectivity index (χ0v) is 16.4. The van der Waals surface area contributed by atoms with E-state index in [4.69, 9.17) is 9.31 Å². The maximum atomic E-state index is 11.9. The van der Waals surface area contributed by atoms with Gasteiger partial charge in [0.1, 0.15) is 6.29 Å². The lowest BCUT2D eigenvalue weighted by Crippen LogP contribution is -2.41. The van der Waals surface area contributed by atoms with Gasteiger partial charge in [0.05, 0.1) is 11.2 Å². The Bertz CT molecular complexity index is 582. The normalized spacial score (nSPS) is 22.2. The summed E-state index contributed by atoms with van der Waals surface area (Å²) in [6.07, 6.45) is 1.53. The van der Waals surface area contributed by atoms with Crippen LogP contribution in [0, 0.1) is 0 Å². The predicted molar refractivity (Wildman–Crippen MR) is 99.4 cm³/mol. The van der Waals surface area contributed by atoms with Crippen LogP contribution in [0.3, 0.4) is 0 Å². The van der Waals surface area contributed by atoms with Crippen LogP contribution in [-0.2, 0) is 24.9 Å². The highest BCUT2D eigenvalue weighted by Gasteiger charge is 2.52. The molecule has 2 rings (SSSR count). The van der Waals surface area contributed by atoms with Crippen molar-refractivity contribution in [3.63, 3.8) is 0 Å². The van der Waals surface area contributed by atoms with Crippen LogP contribution in [0.4, 0.5) is 0 Å². The molecule has 1 unspecified atom stereocenters. The molecule has 0 aliphatic carbocycles. The third-order valence-electron chi connectivity index (χ3n) is 5.56. The van der Waals surface area contributed by atoms with Gasteiger partial charge in [0.2, 0.25) is 0 Å². The molecule has 4 heteroatoms. The largest absolute Gasteiger partial charge is 0.459 e. The lowest BCUT2D eigenvalue weighted by atomic mass is 9.66. The van der Waals surface area contributed by atoms with E-state index in [1.54, 1.807) is 0 Å². The second-order valence-corrected chi connectivity index (χ2v) is 9.25. The molecular weight excluding hydrogens is 299 g/mol. The summed E-state index contributed by atoms with van der Waals surface area (Å²) in [7, 11) is -0.382. The van der Waals surface area contributed by atoms with E-state index in [9.17, 15) is 4.79 Å². The van der Waals surface area contributed by atoms with Crippen molar-refractivity contribution in [3.8, 4) is 0 Å². The highest BCUT2D eigenvalue weighted by atomic mass is 16.7. The van der Waals surface area contributed by atoms with Crippen LogP contribution in [0.15, 0.2) is 24.3 Å². The van der Waals surface area contributed by atoms with Gasteiger partial charge in [0.15, 0.2) is 0 Å². The Morgan fingerprint density at radius 1 is 0.917 bits per heavy atom. The fraction of sp³-hybridized carbons (Fsp3) is 0.650. The molecule has 1 aromatic carbocycles. The first-order valence-corrected chi connectivity index (χ1v) is 8.74. The molecule has 0 N–H and O–H groups in total. The van der Waals surface area contributed by atoms with Crippen molar-refractivity contribution in [1.82, 2.24) is 0 Å². The maximum Gasteiger partial charge on any atom is 0.459 e. The van der Waals surface area contributed by atoms with Gasteiger partial charge in [-0.05, 0) is 57.5 Å². The Labute approximate surface area is 147 Å². The molecule has 0 aromatic heterocycles. The van der Waals surface area contributed by atoms with E-state index in [0.717, 1.165) is 11.8 Å². The molecule has 3 nitrogen and oxygen atoms in total. The van der Waals surface area contributed by atoms with E-state index in [-0.39, 0.29) is 23.7 Å². The maximum absolute atomic E-state index is 11.9. The molecule has 0 spiro atoms. The van der Waals surface area contributed by atoms with Crippen molar-refractivity contribution in [2.24, 2.45) is 0 Å². The Balaban J connectivity index is 2.22. The molecule has 24 heavy (non-hydrogen) atoms. The lowest BCUT2D eigenvalue weighted by molar-refractivity contribution is -0.111. The zero-order valence-electron chi connectivity index (χ0n) is 16.4. The predicted octanol–water partition coefficient (Wildman–Crippen LogP) is 4.53. The van der Waals surface area contributed by atoms with E-state index >= 15 is 0 Å². The highest BCUT2D eigenvalue weighted by molar-refractivity contribution is 6.46. The molecule has 1 aromatic rings. The summed E-state index contributed by atoms with van der Waals surface area (Å²) >= 11 is 0. The monoisotopic (exact) mass is 330 g/mol. The molecule has 1 fully saturated rings. The van der Waals surface area contributed by atoms with Gasteiger partial charge >= 0.3 is 7.12 Å². The summed E-state index contributed by atoms with van der Waals surface area (Å²) in [5.74, 6) is 0. The van der Waals surface area contributed by atoms with Crippen molar-refractivity contribution in [2.75, 3.05) is 0 Å². The van der Waals surface area contributed by atoms with E-state index < -0.39 is 5.41 Å². The fourth-order valence-corrected chi connectivity index (χ4v) is 2.98. The first-order chi connectivity index (χ1) is 10.8. The summed E-state index contributed by atoms with van der Waals surface area (Å²) < 4.78 is 12.2. The molecule has 132 valence electrons. The van der Waals surface area contributed by atoms with Crippen LogP contribution < -0.4 is 0 Å². The van der Waals surface area contributed by atoms with Crippen LogP contribution >= 0.6 is 0 Å². The Kier molecular flexibility index (Phi) is 4.80. The van der Waals surface area contributed by atoms with Crippen LogP contribution in [0.1, 0.15) is 66.5 Å². The number of aldehydes is 1. The van der Waals surface area contributed by atoms with Crippen LogP contribution in [-0.4, -0.2) is 24.6 Å². The van der Waals surface area contributed by atoms with Gasteiger partial charge in [-0.15, -0.1) is 0 Å². The van der Waals surface area contributed by atoms with Gasteiger partial charge in [0.25, 0.3) is 0 Å². The van der Waals surface area contributed by atoms with Crippen molar-refractivity contribution in [2.45, 2.75) is 83.7 Å². The topological polar surface area (TPSA) is 35.5 Å². The Morgan fingerprint density at radius 2 is 1.33 bits per heavy atom. The molecule has 1 aliphatic rings. The quantitative estimate of drug-likeness (QED) is 0.601. The summed E-state index contributed by atoms with van der Waals surface area (Å²) in [6, 6.07) is 8.34. The third kappa shape index (κ3) is 3.60. The number of carbonyl (C=O) groups is 1. The van der Waals surface area contributed by atoms with E-state index in [1.165, 1.54) is 5.56 Å². The highest BCUT2D eigenvalue weighted by Crippen LogP contribution is 2.41. The van der Waals surface area contributed by atoms with Gasteiger partial charge in [-0.1, -0.05) is 45.0 Å². The average molecular weight is 330 g/mol. The first-order valence-electron chi connectivity index (χ1n) is 8.74. The second kappa shape index (κ2) is 6.00. The van der Waals surface area contributed by atoms with Gasteiger partial charge in [-0.2, -0.15) is 0 Å². The molecular formula is C20H31BO3. The average Bonchev–Trinajstić information content (AvgIpc) is 2.65. The lowest BCUT2D eigenvalue weighted by Gasteiger charge is -2.32. The van der Waals surface area contributed by atoms with E-state index in [0.29, 0.717) is 6.32 Å². The van der Waals surface area contributed by atoms with E-state index in [2.05, 4.69) is 45.0 Å². The zero-order chi connectivity index (χ0) is 18.4. The molecule has 0 radical (unpaired) electrons. The molecule has 1 saturated heterocycles. The number of hydrogen-bond donors (Lipinski definition) is 0. The first kappa shape index (κ1) is 19.2. The smallest absolute Gasteiger partial charge is 0.403 e. The van der Waals surface area contributed by atoms with Gasteiger partial charge in [0, 0.05) is 5.41 Å². The van der Waals surface area contributed by atoms with Crippen molar-refractivity contribution in [3.05, 3.63) is 35.4 Å². The van der Waals surface area contributed by atoms with Crippen molar-refractivity contribution in [1.29, 1.82) is 0 Å². The summed E-state index contributed by atoms with van der Waals surface area (Å²) in [5.41, 5.74) is 0.976. The molecule has 1 atom stereocenters. The van der Waals surface area contributed by atoms with Crippen LogP contribution in [0.2, 0.25) is 6.32 Å². The number of rotatable bonds is 4. The van der Waals surface area contributed by atoms with E-state index in [1.807, 2.05) is 34.6 Å². The van der Waals surface area contributed by atoms with Crippen LogP contribution in [0.25, 0.3) is 0 Å². The SMILES string of the molecule is CC(C)(C)c1ccc(C(C)(C=O)CB2OC(C)(C)C(C)(C)O2)cc1. The number of carbonyl (C=O) groups excluding carboxylic acids is 1. The summed E-state index contributed by atoms with van der Waals surface area (Å²) in [4.78, 5) is 11.9. The van der Waals surface area contributed by atoms with Crippen molar-refractivity contribution >= 4 is 13.4 Å². The van der Waals surface area contributed by atoms with Crippen molar-refractivity contribution < 1.29 is 14.1 Å². The minimum atomic E-state index is -0.627. The Hall–Kier alpha value is -1.13. The number of benzene rings is 1. The molecule has 0 amide bonds. The molecule has 1 heterocycles. The fourth-order valence-electron chi connectivity index (χ4n) is 2.98. The number of hydrogen-bond acceptors (Lipinski definition) is 3. The second-order valence-electron chi connectivity index (χ2n) is 9.25.